The Morgan fingerprint density at radius 1 is 0.895 bits per heavy atom. The summed E-state index contributed by atoms with van der Waals surface area (Å²) in [6, 6.07) is 27.3. The number of hydrogen-bond donors (Lipinski definition) is 2. The molecule has 0 spiro atoms. The summed E-state index contributed by atoms with van der Waals surface area (Å²) >= 11 is 0. The summed E-state index contributed by atoms with van der Waals surface area (Å²) < 4.78 is 11.1. The minimum atomic E-state index is -0.150. The minimum absolute atomic E-state index is 0.126. The maximum absolute atomic E-state index is 12.4. The molecule has 2 amide bonds. The highest BCUT2D eigenvalue weighted by atomic mass is 16.5. The van der Waals surface area contributed by atoms with Crippen LogP contribution >= 0.6 is 0 Å². The minimum Gasteiger partial charge on any atom is -0.497 e. The topological polar surface area (TPSA) is 88.6 Å². The highest BCUT2D eigenvalue weighted by Gasteiger charge is 2.22. The largest absolute Gasteiger partial charge is 0.497 e. The Balaban J connectivity index is 1.11. The summed E-state index contributed by atoms with van der Waals surface area (Å²) in [4.78, 5) is 23.6. The molecule has 8 nitrogen and oxygen atoms in total. The van der Waals surface area contributed by atoms with Crippen LogP contribution in [0.2, 0.25) is 0 Å². The molecule has 1 aromatic heterocycles. The molecule has 3 aromatic carbocycles. The van der Waals surface area contributed by atoms with Gasteiger partial charge in [0.2, 0.25) is 0 Å². The molecule has 4 aromatic rings. The standard InChI is InChI=1S/C30H31N5O3/c1-37-25-11-7-22(8-12-25)20-31-30(36)34-24-15-17-35(18-16-24)29-19-28(32-21-33-29)23-9-13-27(14-10-23)38-26-5-3-2-4-6-26/h2-14,19,21,24H,15-18,20H2,1H3,(H2,31,34,36). The van der Waals surface area contributed by atoms with Crippen molar-refractivity contribution in [3.63, 3.8) is 0 Å². The quantitative estimate of drug-likeness (QED) is 0.330. The molecule has 38 heavy (non-hydrogen) atoms. The second-order valence-electron chi connectivity index (χ2n) is 9.14. The number of amides is 2. The molecule has 0 radical (unpaired) electrons. The lowest BCUT2D eigenvalue weighted by Gasteiger charge is -2.33. The number of urea groups is 1. The number of aromatic nitrogens is 2. The van der Waals surface area contributed by atoms with Crippen LogP contribution in [-0.2, 0) is 6.54 Å². The second kappa shape index (κ2) is 12.1. The molecule has 0 atom stereocenters. The van der Waals surface area contributed by atoms with Crippen molar-refractivity contribution in [2.45, 2.75) is 25.4 Å². The van der Waals surface area contributed by atoms with Crippen LogP contribution in [0.25, 0.3) is 11.3 Å². The number of rotatable bonds is 8. The number of nitrogens with one attached hydrogen (secondary N) is 2. The number of hydrogen-bond acceptors (Lipinski definition) is 6. The maximum Gasteiger partial charge on any atom is 0.315 e. The van der Waals surface area contributed by atoms with Gasteiger partial charge in [-0.2, -0.15) is 0 Å². The zero-order chi connectivity index (χ0) is 26.2. The first-order valence-electron chi connectivity index (χ1n) is 12.7. The van der Waals surface area contributed by atoms with Gasteiger partial charge in [-0.05, 0) is 66.9 Å². The van der Waals surface area contributed by atoms with E-state index in [1.54, 1.807) is 13.4 Å². The zero-order valence-electron chi connectivity index (χ0n) is 21.3. The van der Waals surface area contributed by atoms with Gasteiger partial charge in [-0.3, -0.25) is 0 Å². The molecule has 0 aliphatic carbocycles. The van der Waals surface area contributed by atoms with Gasteiger partial charge in [0.25, 0.3) is 0 Å². The van der Waals surface area contributed by atoms with E-state index in [4.69, 9.17) is 9.47 Å². The number of nitrogens with zero attached hydrogens (tertiary/aromatic N) is 3. The Morgan fingerprint density at radius 2 is 1.58 bits per heavy atom. The van der Waals surface area contributed by atoms with Gasteiger partial charge >= 0.3 is 6.03 Å². The molecule has 2 N–H and O–H groups in total. The SMILES string of the molecule is COc1ccc(CNC(=O)NC2CCN(c3cc(-c4ccc(Oc5ccccc5)cc4)ncn3)CC2)cc1. The first-order chi connectivity index (χ1) is 18.7. The van der Waals surface area contributed by atoms with Gasteiger partial charge in [-0.25, -0.2) is 14.8 Å². The predicted molar refractivity (Wildman–Crippen MR) is 148 cm³/mol. The molecule has 194 valence electrons. The van der Waals surface area contributed by atoms with Crippen LogP contribution in [0.1, 0.15) is 18.4 Å². The van der Waals surface area contributed by atoms with Gasteiger partial charge in [-0.1, -0.05) is 30.3 Å². The number of para-hydroxylation sites is 1. The van der Waals surface area contributed by atoms with Crippen LogP contribution in [-0.4, -0.2) is 42.2 Å². The second-order valence-corrected chi connectivity index (χ2v) is 9.14. The van der Waals surface area contributed by atoms with E-state index >= 15 is 0 Å². The van der Waals surface area contributed by atoms with Crippen LogP contribution in [0.4, 0.5) is 10.6 Å². The van der Waals surface area contributed by atoms with E-state index in [1.165, 1.54) is 0 Å². The first kappa shape index (κ1) is 25.1. The number of benzene rings is 3. The molecule has 1 aliphatic rings. The molecule has 1 aliphatic heterocycles. The average Bonchev–Trinajstić information content (AvgIpc) is 2.98. The van der Waals surface area contributed by atoms with Crippen LogP contribution in [0.3, 0.4) is 0 Å². The van der Waals surface area contributed by atoms with Crippen molar-refractivity contribution in [1.29, 1.82) is 0 Å². The Labute approximate surface area is 222 Å². The lowest BCUT2D eigenvalue weighted by Crippen LogP contribution is -2.48. The Bertz CT molecular complexity index is 1320. The smallest absolute Gasteiger partial charge is 0.315 e. The van der Waals surface area contributed by atoms with E-state index in [-0.39, 0.29) is 12.1 Å². The van der Waals surface area contributed by atoms with Crippen molar-refractivity contribution >= 4 is 11.8 Å². The summed E-state index contributed by atoms with van der Waals surface area (Å²) in [5, 5.41) is 6.03. The average molecular weight is 510 g/mol. The van der Waals surface area contributed by atoms with E-state index in [1.807, 2.05) is 84.9 Å². The van der Waals surface area contributed by atoms with E-state index in [9.17, 15) is 4.79 Å². The van der Waals surface area contributed by atoms with Crippen molar-refractivity contribution in [3.05, 3.63) is 96.8 Å². The molecule has 0 bridgehead atoms. The van der Waals surface area contributed by atoms with Crippen LogP contribution in [0.15, 0.2) is 91.3 Å². The summed E-state index contributed by atoms with van der Waals surface area (Å²) in [6.45, 7) is 2.09. The van der Waals surface area contributed by atoms with Crippen molar-refractivity contribution in [1.82, 2.24) is 20.6 Å². The monoisotopic (exact) mass is 509 g/mol. The first-order valence-corrected chi connectivity index (χ1v) is 12.7. The lowest BCUT2D eigenvalue weighted by molar-refractivity contribution is 0.234. The third-order valence-corrected chi connectivity index (χ3v) is 6.55. The summed E-state index contributed by atoms with van der Waals surface area (Å²) in [6.07, 6.45) is 3.30. The third kappa shape index (κ3) is 6.59. The molecule has 0 saturated carbocycles. The number of methoxy groups -OCH3 is 1. The number of anilines is 1. The fourth-order valence-corrected chi connectivity index (χ4v) is 4.41. The van der Waals surface area contributed by atoms with Crippen molar-refractivity contribution in [2.24, 2.45) is 0 Å². The summed E-state index contributed by atoms with van der Waals surface area (Å²) in [5.41, 5.74) is 2.88. The van der Waals surface area contributed by atoms with Gasteiger partial charge in [0.15, 0.2) is 0 Å². The highest BCUT2D eigenvalue weighted by molar-refractivity contribution is 5.74. The molecule has 2 heterocycles. The van der Waals surface area contributed by atoms with Gasteiger partial charge in [-0.15, -0.1) is 0 Å². The van der Waals surface area contributed by atoms with Gasteiger partial charge in [0, 0.05) is 37.3 Å². The molecule has 1 saturated heterocycles. The lowest BCUT2D eigenvalue weighted by atomic mass is 10.0. The molecule has 1 fully saturated rings. The van der Waals surface area contributed by atoms with Crippen molar-refractivity contribution in [3.8, 4) is 28.5 Å². The molecule has 0 unspecified atom stereocenters. The van der Waals surface area contributed by atoms with E-state index < -0.39 is 0 Å². The summed E-state index contributed by atoms with van der Waals surface area (Å²) in [5.74, 6) is 3.27. The molecule has 8 heteroatoms. The zero-order valence-corrected chi connectivity index (χ0v) is 21.3. The number of piperidine rings is 1. The van der Waals surface area contributed by atoms with Gasteiger partial charge in [0.05, 0.1) is 12.8 Å². The maximum atomic E-state index is 12.4. The number of carbonyl (C=O) groups excluding carboxylic acids is 1. The normalized spacial score (nSPS) is 13.6. The van der Waals surface area contributed by atoms with E-state index in [2.05, 4.69) is 25.5 Å². The number of ether oxygens (including phenoxy) is 2. The molecule has 5 rings (SSSR count). The van der Waals surface area contributed by atoms with E-state index in [0.29, 0.717) is 6.54 Å². The van der Waals surface area contributed by atoms with Crippen molar-refractivity contribution < 1.29 is 14.3 Å². The molecular weight excluding hydrogens is 478 g/mol. The summed E-state index contributed by atoms with van der Waals surface area (Å²) in [7, 11) is 1.64. The Hall–Kier alpha value is -4.59. The Morgan fingerprint density at radius 3 is 2.29 bits per heavy atom. The van der Waals surface area contributed by atoms with Crippen LogP contribution in [0.5, 0.6) is 17.2 Å². The van der Waals surface area contributed by atoms with E-state index in [0.717, 1.165) is 65.8 Å². The molecular formula is C30H31N5O3. The van der Waals surface area contributed by atoms with Crippen LogP contribution in [0, 0.1) is 0 Å². The fraction of sp³-hybridized carbons (Fsp3) is 0.233. The van der Waals surface area contributed by atoms with Gasteiger partial charge in [0.1, 0.15) is 29.4 Å². The predicted octanol–water partition coefficient (Wildman–Crippen LogP) is 5.41. The Kier molecular flexibility index (Phi) is 7.98. The van der Waals surface area contributed by atoms with Crippen LogP contribution < -0.4 is 25.0 Å². The fourth-order valence-electron chi connectivity index (χ4n) is 4.41. The highest BCUT2D eigenvalue weighted by Crippen LogP contribution is 2.27. The van der Waals surface area contributed by atoms with Gasteiger partial charge < -0.3 is 25.0 Å². The van der Waals surface area contributed by atoms with Crippen molar-refractivity contribution in [2.75, 3.05) is 25.1 Å². The number of carbonyl (C=O) groups is 1. The third-order valence-electron chi connectivity index (χ3n) is 6.55.